The second-order valence-corrected chi connectivity index (χ2v) is 8.71. The van der Waals surface area contributed by atoms with Gasteiger partial charge in [-0.3, -0.25) is 9.80 Å². The fourth-order valence-corrected chi connectivity index (χ4v) is 4.86. The van der Waals surface area contributed by atoms with Crippen molar-refractivity contribution < 1.29 is 13.9 Å². The molecule has 0 radical (unpaired) electrons. The standard InChI is InChI=1S/C23H23FN6O2S/c1-32-16-7-5-15(6-8-16)30-13-17-18(14-33-22(17)25)21(27-30)23(31)29-11-9-28(10-12-29)20-4-2-3-19(24)26-20/h2-8,14H,9-13,25H2,1H3. The van der Waals surface area contributed by atoms with Gasteiger partial charge in [0.05, 0.1) is 24.3 Å². The number of aromatic nitrogens is 1. The molecule has 170 valence electrons. The van der Waals surface area contributed by atoms with Gasteiger partial charge in [-0.15, -0.1) is 11.3 Å². The lowest BCUT2D eigenvalue weighted by Crippen LogP contribution is -2.51. The highest BCUT2D eigenvalue weighted by Crippen LogP contribution is 2.34. The van der Waals surface area contributed by atoms with Crippen molar-refractivity contribution in [1.29, 1.82) is 0 Å². The van der Waals surface area contributed by atoms with Gasteiger partial charge in [-0.2, -0.15) is 9.49 Å². The van der Waals surface area contributed by atoms with E-state index in [2.05, 4.69) is 4.98 Å². The first kappa shape index (κ1) is 21.2. The van der Waals surface area contributed by atoms with Crippen molar-refractivity contribution in [2.45, 2.75) is 6.54 Å². The van der Waals surface area contributed by atoms with E-state index in [1.165, 1.54) is 17.4 Å². The van der Waals surface area contributed by atoms with Gasteiger partial charge in [0.2, 0.25) is 5.95 Å². The van der Waals surface area contributed by atoms with E-state index < -0.39 is 5.95 Å². The van der Waals surface area contributed by atoms with Crippen LogP contribution in [0.15, 0.2) is 52.9 Å². The van der Waals surface area contributed by atoms with Crippen molar-refractivity contribution in [2.24, 2.45) is 5.10 Å². The number of nitrogens with zero attached hydrogens (tertiary/aromatic N) is 5. The van der Waals surface area contributed by atoms with Crippen LogP contribution >= 0.6 is 11.3 Å². The average Bonchev–Trinajstić information content (AvgIpc) is 3.24. The number of fused-ring (bicyclic) bond motifs is 1. The van der Waals surface area contributed by atoms with E-state index >= 15 is 0 Å². The number of hydrogen-bond donors (Lipinski definition) is 1. The Morgan fingerprint density at radius 2 is 1.88 bits per heavy atom. The second kappa shape index (κ2) is 8.70. The first-order valence-electron chi connectivity index (χ1n) is 10.6. The number of halogens is 1. The van der Waals surface area contributed by atoms with Crippen LogP contribution in [-0.2, 0) is 11.3 Å². The van der Waals surface area contributed by atoms with Gasteiger partial charge in [0.25, 0.3) is 5.91 Å². The molecule has 1 fully saturated rings. The van der Waals surface area contributed by atoms with Gasteiger partial charge in [0, 0.05) is 42.7 Å². The summed E-state index contributed by atoms with van der Waals surface area (Å²) in [5.74, 6) is 0.677. The number of thiophene rings is 1. The molecule has 0 atom stereocenters. The summed E-state index contributed by atoms with van der Waals surface area (Å²) in [4.78, 5) is 21.2. The quantitative estimate of drug-likeness (QED) is 0.595. The first-order valence-corrected chi connectivity index (χ1v) is 11.4. The maximum absolute atomic E-state index is 13.5. The molecule has 0 spiro atoms. The minimum absolute atomic E-state index is 0.140. The summed E-state index contributed by atoms with van der Waals surface area (Å²) in [5, 5.41) is 9.10. The fraction of sp³-hybridized carbons (Fsp3) is 0.261. The van der Waals surface area contributed by atoms with Crippen LogP contribution < -0.4 is 20.4 Å². The molecule has 1 aromatic carbocycles. The molecule has 8 nitrogen and oxygen atoms in total. The van der Waals surface area contributed by atoms with Crippen LogP contribution in [0.2, 0.25) is 0 Å². The number of carbonyl (C=O) groups excluding carboxylic acids is 1. The molecule has 4 heterocycles. The number of nitrogens with two attached hydrogens (primary N) is 1. The van der Waals surface area contributed by atoms with Crippen molar-refractivity contribution in [2.75, 3.05) is 48.9 Å². The maximum atomic E-state index is 13.5. The minimum atomic E-state index is -0.510. The Kier molecular flexibility index (Phi) is 5.59. The molecule has 1 amide bonds. The molecule has 0 unspecified atom stereocenters. The number of anilines is 3. The molecule has 0 saturated carbocycles. The van der Waals surface area contributed by atoms with E-state index in [0.717, 1.165) is 22.6 Å². The third kappa shape index (κ3) is 4.09. The molecule has 2 aliphatic rings. The number of piperazine rings is 1. The third-order valence-corrected chi connectivity index (χ3v) is 6.73. The van der Waals surface area contributed by atoms with E-state index in [-0.39, 0.29) is 5.91 Å². The van der Waals surface area contributed by atoms with Gasteiger partial charge in [0.15, 0.2) is 5.71 Å². The highest BCUT2D eigenvalue weighted by atomic mass is 32.1. The second-order valence-electron chi connectivity index (χ2n) is 7.79. The van der Waals surface area contributed by atoms with Crippen LogP contribution in [0.25, 0.3) is 0 Å². The first-order chi connectivity index (χ1) is 16.0. The lowest BCUT2D eigenvalue weighted by atomic mass is 10.0. The zero-order valence-corrected chi connectivity index (χ0v) is 18.9. The van der Waals surface area contributed by atoms with Crippen molar-refractivity contribution in [3.05, 3.63) is 64.9 Å². The van der Waals surface area contributed by atoms with E-state index in [9.17, 15) is 9.18 Å². The highest BCUT2D eigenvalue weighted by Gasteiger charge is 2.32. The largest absolute Gasteiger partial charge is 0.497 e. The molecule has 33 heavy (non-hydrogen) atoms. The van der Waals surface area contributed by atoms with Crippen LogP contribution in [0, 0.1) is 5.95 Å². The Morgan fingerprint density at radius 3 is 2.58 bits per heavy atom. The molecular formula is C23H23FN6O2S. The number of benzene rings is 1. The highest BCUT2D eigenvalue weighted by molar-refractivity contribution is 7.14. The maximum Gasteiger partial charge on any atom is 0.275 e. The Bertz CT molecular complexity index is 1200. The van der Waals surface area contributed by atoms with E-state index in [4.69, 9.17) is 15.6 Å². The van der Waals surface area contributed by atoms with Crippen LogP contribution in [0.1, 0.15) is 11.1 Å². The Hall–Kier alpha value is -3.66. The number of amides is 1. The number of carbonyl (C=O) groups is 1. The lowest BCUT2D eigenvalue weighted by molar-refractivity contribution is -0.124. The summed E-state index contributed by atoms with van der Waals surface area (Å²) < 4.78 is 18.7. The molecule has 5 rings (SSSR count). The summed E-state index contributed by atoms with van der Waals surface area (Å²) in [6.45, 7) is 2.61. The number of rotatable bonds is 4. The number of hydrazone groups is 1. The number of nitrogen functional groups attached to an aromatic ring is 1. The molecule has 0 aliphatic carbocycles. The average molecular weight is 467 g/mol. The van der Waals surface area contributed by atoms with Crippen molar-refractivity contribution >= 4 is 39.5 Å². The SMILES string of the molecule is COc1ccc(N2Cc3c(csc3N)C(C(=O)N3CCN(c4cccc(F)n4)CC3)=N2)cc1. The topological polar surface area (TPSA) is 87.3 Å². The van der Waals surface area contributed by atoms with Crippen molar-refractivity contribution in [1.82, 2.24) is 9.88 Å². The number of hydrogen-bond acceptors (Lipinski definition) is 8. The predicted molar refractivity (Wildman–Crippen MR) is 127 cm³/mol. The Labute approximate surface area is 194 Å². The lowest BCUT2D eigenvalue weighted by Gasteiger charge is -2.36. The fourth-order valence-electron chi connectivity index (χ4n) is 4.04. The normalized spacial score (nSPS) is 15.8. The summed E-state index contributed by atoms with van der Waals surface area (Å²) in [5.41, 5.74) is 9.17. The van der Waals surface area contributed by atoms with Gasteiger partial charge < -0.3 is 20.3 Å². The van der Waals surface area contributed by atoms with Crippen LogP contribution in [0.5, 0.6) is 5.75 Å². The van der Waals surface area contributed by atoms with E-state index in [1.54, 1.807) is 29.2 Å². The van der Waals surface area contributed by atoms with Crippen LogP contribution in [0.4, 0.5) is 20.9 Å². The molecule has 0 bridgehead atoms. The van der Waals surface area contributed by atoms with Crippen LogP contribution in [-0.4, -0.2) is 54.8 Å². The Morgan fingerprint density at radius 1 is 1.12 bits per heavy atom. The summed E-state index contributed by atoms with van der Waals surface area (Å²) >= 11 is 1.42. The summed E-state index contributed by atoms with van der Waals surface area (Å²) in [6.07, 6.45) is 0. The Balaban J connectivity index is 1.37. The van der Waals surface area contributed by atoms with E-state index in [0.29, 0.717) is 49.3 Å². The zero-order chi connectivity index (χ0) is 22.9. The van der Waals surface area contributed by atoms with Gasteiger partial charge in [0.1, 0.15) is 11.6 Å². The number of methoxy groups -OCH3 is 1. The number of pyridine rings is 1. The molecule has 2 N–H and O–H groups in total. The molecular weight excluding hydrogens is 443 g/mol. The minimum Gasteiger partial charge on any atom is -0.497 e. The molecule has 3 aromatic rings. The molecule has 2 aromatic heterocycles. The predicted octanol–water partition coefficient (Wildman–Crippen LogP) is 2.95. The third-order valence-electron chi connectivity index (χ3n) is 5.87. The van der Waals surface area contributed by atoms with Crippen molar-refractivity contribution in [3.8, 4) is 5.75 Å². The molecule has 2 aliphatic heterocycles. The number of ether oxygens (including phenoxy) is 1. The van der Waals surface area contributed by atoms with Crippen molar-refractivity contribution in [3.63, 3.8) is 0 Å². The zero-order valence-electron chi connectivity index (χ0n) is 18.1. The summed E-state index contributed by atoms with van der Waals surface area (Å²) in [6, 6.07) is 12.3. The summed E-state index contributed by atoms with van der Waals surface area (Å²) in [7, 11) is 1.62. The van der Waals surface area contributed by atoms with Gasteiger partial charge >= 0.3 is 0 Å². The molecule has 10 heteroatoms. The molecule has 1 saturated heterocycles. The smallest absolute Gasteiger partial charge is 0.275 e. The van der Waals surface area contributed by atoms with Gasteiger partial charge in [-0.25, -0.2) is 4.98 Å². The van der Waals surface area contributed by atoms with Gasteiger partial charge in [-0.1, -0.05) is 6.07 Å². The van der Waals surface area contributed by atoms with Gasteiger partial charge in [-0.05, 0) is 36.4 Å². The van der Waals surface area contributed by atoms with E-state index in [1.807, 2.05) is 34.5 Å². The van der Waals surface area contributed by atoms with Crippen LogP contribution in [0.3, 0.4) is 0 Å². The monoisotopic (exact) mass is 466 g/mol.